The van der Waals surface area contributed by atoms with Crippen LogP contribution in [-0.2, 0) is 18.9 Å². The van der Waals surface area contributed by atoms with Crippen LogP contribution in [0.1, 0.15) is 106 Å². The molecular weight excluding hydrogens is 672 g/mol. The Kier molecular flexibility index (Phi) is 11.8. The molecule has 0 aromatic heterocycles. The standard InChI is InChI=1S/C40H68O12/c1-20(2)9-8-14-40(7,52-36-34(48)32(46)31(45)27(51-36)19-50-35-33(47)30(44)26(42)18-49-35)23-13-16-39(6)29(23)25(41)17-24-21-10-11-28(43)37(3,4)22(21)12-15-38(24,39)5/h9,21-36,41-48H,8,10-19H2,1-7H3/t21-,22+,23+,24-,25-,26-,27-,28-,29+,30+,31-,32+,33-,34-,35-,36+,38-,39-,40+/m1/s1. The molecule has 4 saturated carbocycles. The molecule has 2 saturated heterocycles. The fourth-order valence-electron chi connectivity index (χ4n) is 12.3. The Balaban J connectivity index is 1.24. The van der Waals surface area contributed by atoms with Gasteiger partial charge in [0.25, 0.3) is 0 Å². The van der Waals surface area contributed by atoms with Gasteiger partial charge >= 0.3 is 0 Å². The maximum Gasteiger partial charge on any atom is 0.187 e. The number of allylic oxidation sites excluding steroid dienone is 2. The predicted molar refractivity (Wildman–Crippen MR) is 190 cm³/mol. The number of hydrogen-bond acceptors (Lipinski definition) is 12. The third kappa shape index (κ3) is 6.87. The van der Waals surface area contributed by atoms with Gasteiger partial charge in [0, 0.05) is 0 Å². The van der Waals surface area contributed by atoms with Gasteiger partial charge in [-0.1, -0.05) is 39.3 Å². The van der Waals surface area contributed by atoms with E-state index in [9.17, 15) is 40.9 Å². The summed E-state index contributed by atoms with van der Waals surface area (Å²) in [4.78, 5) is 0. The number of rotatable bonds is 9. The van der Waals surface area contributed by atoms with Gasteiger partial charge in [0.1, 0.15) is 42.7 Å². The Hall–Kier alpha value is -0.740. The molecule has 52 heavy (non-hydrogen) atoms. The monoisotopic (exact) mass is 740 g/mol. The summed E-state index contributed by atoms with van der Waals surface area (Å²) in [7, 11) is 0. The van der Waals surface area contributed by atoms with Crippen LogP contribution in [0.3, 0.4) is 0 Å². The number of ether oxygens (including phenoxy) is 4. The van der Waals surface area contributed by atoms with Crippen LogP contribution in [-0.4, -0.2) is 127 Å². The summed E-state index contributed by atoms with van der Waals surface area (Å²) in [6, 6.07) is 0. The minimum absolute atomic E-state index is 0.00896. The average Bonchev–Trinajstić information content (AvgIpc) is 3.47. The third-order valence-electron chi connectivity index (χ3n) is 15.7. The van der Waals surface area contributed by atoms with Gasteiger partial charge in [0.15, 0.2) is 12.6 Å². The maximum absolute atomic E-state index is 12.3. The molecule has 6 fully saturated rings. The van der Waals surface area contributed by atoms with E-state index in [1.165, 1.54) is 5.57 Å². The van der Waals surface area contributed by atoms with E-state index in [-0.39, 0.29) is 47.4 Å². The Morgan fingerprint density at radius 2 is 1.44 bits per heavy atom. The lowest BCUT2D eigenvalue weighted by Crippen LogP contribution is -2.64. The quantitative estimate of drug-likeness (QED) is 0.161. The first-order chi connectivity index (χ1) is 24.3. The van der Waals surface area contributed by atoms with Crippen LogP contribution < -0.4 is 0 Å². The van der Waals surface area contributed by atoms with Crippen molar-refractivity contribution in [2.45, 2.75) is 179 Å². The van der Waals surface area contributed by atoms with E-state index in [0.29, 0.717) is 37.0 Å². The minimum Gasteiger partial charge on any atom is -0.393 e. The first-order valence-electron chi connectivity index (χ1n) is 19.9. The van der Waals surface area contributed by atoms with Gasteiger partial charge in [0.2, 0.25) is 0 Å². The van der Waals surface area contributed by atoms with Crippen LogP contribution in [0, 0.1) is 45.8 Å². The van der Waals surface area contributed by atoms with Crippen molar-refractivity contribution < 1.29 is 59.8 Å². The lowest BCUT2D eigenvalue weighted by atomic mass is 9.39. The van der Waals surface area contributed by atoms with E-state index in [2.05, 4.69) is 33.8 Å². The molecule has 8 N–H and O–H groups in total. The van der Waals surface area contributed by atoms with Gasteiger partial charge in [-0.05, 0) is 124 Å². The second-order valence-electron chi connectivity index (χ2n) is 19.0. The molecule has 12 nitrogen and oxygen atoms in total. The fourth-order valence-corrected chi connectivity index (χ4v) is 12.3. The molecule has 4 aliphatic carbocycles. The highest BCUT2D eigenvalue weighted by Crippen LogP contribution is 2.73. The molecule has 6 rings (SSSR count). The van der Waals surface area contributed by atoms with E-state index < -0.39 is 67.0 Å². The van der Waals surface area contributed by atoms with Crippen LogP contribution in [0.2, 0.25) is 0 Å². The van der Waals surface area contributed by atoms with Crippen molar-refractivity contribution in [1.82, 2.24) is 0 Å². The van der Waals surface area contributed by atoms with Crippen molar-refractivity contribution in [2.75, 3.05) is 13.2 Å². The van der Waals surface area contributed by atoms with Crippen LogP contribution >= 0.6 is 0 Å². The Morgan fingerprint density at radius 3 is 2.13 bits per heavy atom. The molecule has 12 heteroatoms. The highest BCUT2D eigenvalue weighted by Gasteiger charge is 2.69. The van der Waals surface area contributed by atoms with Gasteiger partial charge in [-0.15, -0.1) is 0 Å². The molecule has 0 radical (unpaired) electrons. The highest BCUT2D eigenvalue weighted by atomic mass is 16.7. The molecule has 0 unspecified atom stereocenters. The van der Waals surface area contributed by atoms with Gasteiger partial charge in [-0.25, -0.2) is 0 Å². The first kappa shape index (κ1) is 40.9. The molecule has 0 aromatic rings. The second kappa shape index (κ2) is 15.0. The number of aliphatic hydroxyl groups excluding tert-OH is 8. The van der Waals surface area contributed by atoms with Gasteiger partial charge < -0.3 is 59.8 Å². The van der Waals surface area contributed by atoms with Crippen LogP contribution in [0.25, 0.3) is 0 Å². The summed E-state index contributed by atoms with van der Waals surface area (Å²) >= 11 is 0. The summed E-state index contributed by atoms with van der Waals surface area (Å²) in [6.07, 6.45) is -3.96. The van der Waals surface area contributed by atoms with Crippen molar-refractivity contribution >= 4 is 0 Å². The zero-order chi connectivity index (χ0) is 38.1. The molecule has 6 aliphatic rings. The van der Waals surface area contributed by atoms with Crippen LogP contribution in [0.5, 0.6) is 0 Å². The molecular formula is C40H68O12. The normalized spacial score (nSPS) is 51.4. The Labute approximate surface area is 309 Å². The summed E-state index contributed by atoms with van der Waals surface area (Å²) in [5.74, 6) is 1.06. The smallest absolute Gasteiger partial charge is 0.187 e. The molecule has 2 aliphatic heterocycles. The number of fused-ring (bicyclic) bond motifs is 5. The number of aliphatic hydroxyl groups is 8. The van der Waals surface area contributed by atoms with Gasteiger partial charge in [0.05, 0.1) is 31.0 Å². The molecule has 19 atom stereocenters. The summed E-state index contributed by atoms with van der Waals surface area (Å²) in [5, 5.41) is 86.7. The van der Waals surface area contributed by atoms with E-state index in [1.54, 1.807) is 0 Å². The largest absolute Gasteiger partial charge is 0.393 e. The predicted octanol–water partition coefficient (Wildman–Crippen LogP) is 2.40. The van der Waals surface area contributed by atoms with E-state index in [1.807, 2.05) is 20.8 Å². The van der Waals surface area contributed by atoms with Crippen molar-refractivity contribution in [3.8, 4) is 0 Å². The fraction of sp³-hybridized carbons (Fsp3) is 0.950. The van der Waals surface area contributed by atoms with Crippen molar-refractivity contribution in [3.05, 3.63) is 11.6 Å². The summed E-state index contributed by atoms with van der Waals surface area (Å²) in [6.45, 7) is 14.8. The molecule has 300 valence electrons. The maximum atomic E-state index is 12.3. The lowest BCUT2D eigenvalue weighted by molar-refractivity contribution is -0.345. The average molecular weight is 741 g/mol. The number of hydrogen-bond donors (Lipinski definition) is 8. The summed E-state index contributed by atoms with van der Waals surface area (Å²) in [5.41, 5.74) is -0.0705. The first-order valence-corrected chi connectivity index (χ1v) is 19.9. The zero-order valence-electron chi connectivity index (χ0n) is 32.3. The van der Waals surface area contributed by atoms with E-state index >= 15 is 0 Å². The molecule has 2 heterocycles. The Bertz CT molecular complexity index is 1270. The topological polar surface area (TPSA) is 199 Å². The molecule has 0 bridgehead atoms. The lowest BCUT2D eigenvalue weighted by Gasteiger charge is -2.67. The van der Waals surface area contributed by atoms with Gasteiger partial charge in [-0.2, -0.15) is 0 Å². The zero-order valence-corrected chi connectivity index (χ0v) is 32.3. The summed E-state index contributed by atoms with van der Waals surface area (Å²) < 4.78 is 24.0. The van der Waals surface area contributed by atoms with Crippen LogP contribution in [0.4, 0.5) is 0 Å². The van der Waals surface area contributed by atoms with E-state index in [4.69, 9.17) is 18.9 Å². The van der Waals surface area contributed by atoms with E-state index in [0.717, 1.165) is 38.5 Å². The third-order valence-corrected chi connectivity index (χ3v) is 15.7. The molecule has 0 amide bonds. The second-order valence-corrected chi connectivity index (χ2v) is 19.0. The highest BCUT2D eigenvalue weighted by molar-refractivity contribution is 5.18. The minimum atomic E-state index is -1.62. The van der Waals surface area contributed by atoms with Crippen molar-refractivity contribution in [3.63, 3.8) is 0 Å². The van der Waals surface area contributed by atoms with Crippen molar-refractivity contribution in [2.24, 2.45) is 45.8 Å². The van der Waals surface area contributed by atoms with Crippen molar-refractivity contribution in [1.29, 1.82) is 0 Å². The van der Waals surface area contributed by atoms with Gasteiger partial charge in [-0.3, -0.25) is 0 Å². The van der Waals surface area contributed by atoms with Crippen LogP contribution in [0.15, 0.2) is 11.6 Å². The molecule has 0 aromatic carbocycles. The molecule has 0 spiro atoms. The Morgan fingerprint density at radius 1 is 0.769 bits per heavy atom. The SMILES string of the molecule is CC(C)=CCC[C@](C)(O[C@@H]1O[C@H](CO[C@H]2OC[C@@H](O)[C@H](O)[C@H]2O)[C@@H](O)[C@H](O)[C@H]1O)[C@H]1CC[C@]2(C)[C@@H]1[C@H](O)C[C@@H]1[C@@H]3CC[C@@H](O)C(C)(C)[C@H]3CC[C@]12C.